The molecule has 1 aliphatic carbocycles. The fourth-order valence-corrected chi connectivity index (χ4v) is 4.29. The number of thiophene rings is 1. The molecule has 2 aromatic heterocycles. The van der Waals surface area contributed by atoms with Crippen LogP contribution in [0.5, 0.6) is 0 Å². The van der Waals surface area contributed by atoms with Gasteiger partial charge in [0, 0.05) is 6.04 Å². The van der Waals surface area contributed by atoms with Crippen LogP contribution >= 0.6 is 11.3 Å². The van der Waals surface area contributed by atoms with E-state index in [-0.39, 0.29) is 5.91 Å². The highest BCUT2D eigenvalue weighted by atomic mass is 32.1. The maximum atomic E-state index is 12.5. The Hall–Kier alpha value is -1.73. The molecule has 2 N–H and O–H groups in total. The van der Waals surface area contributed by atoms with Gasteiger partial charge >= 0.3 is 0 Å². The van der Waals surface area contributed by atoms with E-state index in [0.717, 1.165) is 29.2 Å². The molecule has 0 saturated heterocycles. The average Bonchev–Trinajstić information content (AvgIpc) is 3.28. The third-order valence-corrected chi connectivity index (χ3v) is 5.93. The summed E-state index contributed by atoms with van der Waals surface area (Å²) in [5.41, 5.74) is 0. The second-order valence-corrected chi connectivity index (χ2v) is 8.22. The molecule has 0 aromatic carbocycles. The monoisotopic (exact) mass is 377 g/mol. The van der Waals surface area contributed by atoms with Crippen molar-refractivity contribution in [1.82, 2.24) is 15.5 Å². The van der Waals surface area contributed by atoms with Gasteiger partial charge < -0.3 is 14.6 Å². The molecule has 0 radical (unpaired) electrons. The van der Waals surface area contributed by atoms with Gasteiger partial charge in [0.15, 0.2) is 13.1 Å². The molecule has 26 heavy (non-hydrogen) atoms. The van der Waals surface area contributed by atoms with Crippen LogP contribution in [0.2, 0.25) is 0 Å². The molecule has 2 heterocycles. The first-order chi connectivity index (χ1) is 12.7. The minimum absolute atomic E-state index is 0.130. The number of carbonyl (C=O) groups excluding carboxylic acids is 1. The Morgan fingerprint density at radius 2 is 2.23 bits per heavy atom. The summed E-state index contributed by atoms with van der Waals surface area (Å²) in [6, 6.07) is 4.26. The van der Waals surface area contributed by atoms with Crippen molar-refractivity contribution in [3.05, 3.63) is 23.4 Å². The van der Waals surface area contributed by atoms with E-state index in [9.17, 15) is 4.79 Å². The molecular weight excluding hydrogens is 348 g/mol. The number of hydrogen-bond donors (Lipinski definition) is 2. The summed E-state index contributed by atoms with van der Waals surface area (Å²) in [5.74, 6) is 1.86. The van der Waals surface area contributed by atoms with Gasteiger partial charge in [-0.15, -0.1) is 21.5 Å². The Kier molecular flexibility index (Phi) is 6.80. The molecule has 1 unspecified atom stereocenters. The highest BCUT2D eigenvalue weighted by Crippen LogP contribution is 2.24. The first-order valence-electron chi connectivity index (χ1n) is 9.65. The smallest absolute Gasteiger partial charge is 0.275 e. The second-order valence-electron chi connectivity index (χ2n) is 7.27. The lowest BCUT2D eigenvalue weighted by Gasteiger charge is -2.29. The largest absolute Gasteiger partial charge is 0.414 e. The van der Waals surface area contributed by atoms with Crippen molar-refractivity contribution in [2.45, 2.75) is 58.5 Å². The minimum atomic E-state index is 0.130. The first kappa shape index (κ1) is 19.0. The Labute approximate surface area is 159 Å². The predicted octanol–water partition coefficient (Wildman–Crippen LogP) is 2.29. The maximum absolute atomic E-state index is 12.5. The van der Waals surface area contributed by atoms with Crippen LogP contribution in [-0.2, 0) is 11.3 Å². The number of amides is 1. The quantitative estimate of drug-likeness (QED) is 0.740. The zero-order valence-electron chi connectivity index (χ0n) is 15.7. The van der Waals surface area contributed by atoms with Gasteiger partial charge in [0.2, 0.25) is 0 Å². The van der Waals surface area contributed by atoms with Crippen LogP contribution in [0.1, 0.15) is 51.8 Å². The summed E-state index contributed by atoms with van der Waals surface area (Å²) >= 11 is 1.58. The Morgan fingerprint density at radius 1 is 1.38 bits per heavy atom. The lowest BCUT2D eigenvalue weighted by Crippen LogP contribution is -3.12. The molecule has 2 aromatic rings. The van der Waals surface area contributed by atoms with Crippen molar-refractivity contribution in [3.63, 3.8) is 0 Å². The number of carbonyl (C=O) groups is 1. The Bertz CT molecular complexity index is 686. The molecule has 0 spiro atoms. The van der Waals surface area contributed by atoms with Crippen LogP contribution in [0.25, 0.3) is 10.8 Å². The molecule has 142 valence electrons. The Morgan fingerprint density at radius 3 is 2.96 bits per heavy atom. The standard InChI is InChI=1S/C19H28N4O2S/c1-3-10-23(12-17(24)20-15-8-5-4-7-14(15)2)13-18-21-22-19(25-18)16-9-6-11-26-16/h6,9,11,14-15H,3-5,7-8,10,12-13H2,1-2H3,(H,20,24)/p+1/t14-,15+/m0/s1. The third kappa shape index (κ3) is 5.14. The molecule has 3 atom stereocenters. The van der Waals surface area contributed by atoms with Crippen molar-refractivity contribution in [3.8, 4) is 10.8 Å². The van der Waals surface area contributed by atoms with Crippen LogP contribution in [0.3, 0.4) is 0 Å². The van der Waals surface area contributed by atoms with Crippen molar-refractivity contribution >= 4 is 17.2 Å². The fraction of sp³-hybridized carbons (Fsp3) is 0.632. The lowest BCUT2D eigenvalue weighted by molar-refractivity contribution is -0.907. The Balaban J connectivity index is 1.55. The van der Waals surface area contributed by atoms with Crippen molar-refractivity contribution in [2.75, 3.05) is 13.1 Å². The number of rotatable bonds is 8. The number of nitrogens with one attached hydrogen (secondary N) is 2. The summed E-state index contributed by atoms with van der Waals surface area (Å²) in [4.78, 5) is 14.7. The molecule has 1 amide bonds. The summed E-state index contributed by atoms with van der Waals surface area (Å²) in [7, 11) is 0. The van der Waals surface area contributed by atoms with E-state index in [0.29, 0.717) is 36.8 Å². The van der Waals surface area contributed by atoms with E-state index in [4.69, 9.17) is 4.42 Å². The molecular formula is C19H29N4O2S+. The van der Waals surface area contributed by atoms with Gasteiger partial charge in [-0.1, -0.05) is 32.8 Å². The summed E-state index contributed by atoms with van der Waals surface area (Å²) in [5, 5.41) is 13.5. The van der Waals surface area contributed by atoms with Crippen LogP contribution in [-0.4, -0.2) is 35.2 Å². The minimum Gasteiger partial charge on any atom is -0.414 e. The second kappa shape index (κ2) is 9.28. The van der Waals surface area contributed by atoms with E-state index in [1.54, 1.807) is 11.3 Å². The van der Waals surface area contributed by atoms with Gasteiger partial charge in [-0.05, 0) is 36.6 Å². The average molecular weight is 378 g/mol. The van der Waals surface area contributed by atoms with E-state index in [2.05, 4.69) is 29.4 Å². The van der Waals surface area contributed by atoms with Crippen LogP contribution in [0, 0.1) is 5.92 Å². The summed E-state index contributed by atoms with van der Waals surface area (Å²) in [6.07, 6.45) is 5.82. The third-order valence-electron chi connectivity index (χ3n) is 5.07. The molecule has 0 bridgehead atoms. The number of quaternary nitrogens is 1. The molecule has 1 saturated carbocycles. The van der Waals surface area contributed by atoms with Gasteiger partial charge in [-0.25, -0.2) is 0 Å². The zero-order valence-corrected chi connectivity index (χ0v) is 16.5. The van der Waals surface area contributed by atoms with Crippen molar-refractivity contribution in [1.29, 1.82) is 0 Å². The van der Waals surface area contributed by atoms with E-state index < -0.39 is 0 Å². The molecule has 7 heteroatoms. The molecule has 1 aliphatic rings. The maximum Gasteiger partial charge on any atom is 0.275 e. The lowest BCUT2D eigenvalue weighted by atomic mass is 9.86. The highest BCUT2D eigenvalue weighted by molar-refractivity contribution is 7.13. The molecule has 0 aliphatic heterocycles. The predicted molar refractivity (Wildman–Crippen MR) is 102 cm³/mol. The van der Waals surface area contributed by atoms with E-state index in [1.807, 2.05) is 17.5 Å². The molecule has 1 fully saturated rings. The van der Waals surface area contributed by atoms with E-state index in [1.165, 1.54) is 19.3 Å². The summed E-state index contributed by atoms with van der Waals surface area (Å²) in [6.45, 7) is 6.31. The normalized spacial score (nSPS) is 21.5. The van der Waals surface area contributed by atoms with Crippen molar-refractivity contribution in [2.24, 2.45) is 5.92 Å². The number of aromatic nitrogens is 2. The number of nitrogens with zero attached hydrogens (tertiary/aromatic N) is 2. The zero-order chi connectivity index (χ0) is 18.4. The van der Waals surface area contributed by atoms with Gasteiger partial charge in [0.25, 0.3) is 17.7 Å². The number of hydrogen-bond acceptors (Lipinski definition) is 5. The van der Waals surface area contributed by atoms with Gasteiger partial charge in [0.05, 0.1) is 11.4 Å². The topological polar surface area (TPSA) is 72.5 Å². The van der Waals surface area contributed by atoms with Crippen LogP contribution < -0.4 is 10.2 Å². The van der Waals surface area contributed by atoms with Gasteiger partial charge in [-0.3, -0.25) is 4.79 Å². The molecule has 3 rings (SSSR count). The first-order valence-corrected chi connectivity index (χ1v) is 10.5. The fourth-order valence-electron chi connectivity index (χ4n) is 3.65. The van der Waals surface area contributed by atoms with Gasteiger partial charge in [-0.2, -0.15) is 0 Å². The molecule has 6 nitrogen and oxygen atoms in total. The van der Waals surface area contributed by atoms with Gasteiger partial charge in [0.1, 0.15) is 0 Å². The summed E-state index contributed by atoms with van der Waals surface area (Å²) < 4.78 is 5.79. The van der Waals surface area contributed by atoms with E-state index >= 15 is 0 Å². The SMILES string of the molecule is CCC[NH+](CC(=O)N[C@@H]1CCCC[C@@H]1C)Cc1nnc(-c2cccs2)o1. The van der Waals surface area contributed by atoms with Crippen LogP contribution in [0.15, 0.2) is 21.9 Å². The van der Waals surface area contributed by atoms with Crippen LogP contribution in [0.4, 0.5) is 0 Å². The van der Waals surface area contributed by atoms with Crippen molar-refractivity contribution < 1.29 is 14.1 Å². The highest BCUT2D eigenvalue weighted by Gasteiger charge is 2.25.